The van der Waals surface area contributed by atoms with Gasteiger partial charge in [-0.1, -0.05) is 25.8 Å². The topological polar surface area (TPSA) is 55.4 Å². The van der Waals surface area contributed by atoms with Crippen LogP contribution in [0.2, 0.25) is 0 Å². The highest BCUT2D eigenvalue weighted by Gasteiger charge is 2.12. The molecule has 18 heavy (non-hydrogen) atoms. The minimum absolute atomic E-state index is 0.340. The minimum atomic E-state index is -0.482. The van der Waals surface area contributed by atoms with Crippen molar-refractivity contribution in [3.8, 4) is 0 Å². The van der Waals surface area contributed by atoms with Gasteiger partial charge >= 0.3 is 5.76 Å². The molecule has 1 aromatic heterocycles. The van der Waals surface area contributed by atoms with Gasteiger partial charge in [-0.3, -0.25) is 4.57 Å². The fourth-order valence-corrected chi connectivity index (χ4v) is 2.15. The molecule has 0 fully saturated rings. The Morgan fingerprint density at radius 3 is 2.83 bits per heavy atom. The van der Waals surface area contributed by atoms with Crippen LogP contribution in [-0.4, -0.2) is 9.67 Å². The quantitative estimate of drug-likeness (QED) is 0.886. The van der Waals surface area contributed by atoms with E-state index in [0.717, 1.165) is 30.3 Å². The van der Waals surface area contributed by atoms with Crippen molar-refractivity contribution >= 4 is 11.1 Å². The number of aryl methyl sites for hydroxylation is 1. The number of hydrogen-bond donors (Lipinski definition) is 1. The molecule has 0 aliphatic heterocycles. The van der Waals surface area contributed by atoms with E-state index in [1.807, 2.05) is 19.1 Å². The molecule has 0 bridgehead atoms. The van der Waals surface area contributed by atoms with Gasteiger partial charge in [0.25, 0.3) is 0 Å². The summed E-state index contributed by atoms with van der Waals surface area (Å²) < 4.78 is 6.76. The Morgan fingerprint density at radius 1 is 1.39 bits per heavy atom. The smallest absolute Gasteiger partial charge is 0.408 e. The number of unbranched alkanes of at least 4 members (excludes halogenated alkanes) is 1. The first-order valence-electron chi connectivity index (χ1n) is 6.48. The van der Waals surface area contributed by atoms with Gasteiger partial charge in [0.05, 0.1) is 11.6 Å². The van der Waals surface area contributed by atoms with Gasteiger partial charge in [-0.05, 0) is 31.0 Å². The molecule has 98 valence electrons. The van der Waals surface area contributed by atoms with Crippen LogP contribution in [0.4, 0.5) is 0 Å². The van der Waals surface area contributed by atoms with E-state index in [2.05, 4.69) is 6.92 Å². The highest BCUT2D eigenvalue weighted by atomic mass is 16.4. The van der Waals surface area contributed by atoms with Crippen LogP contribution in [0.1, 0.15) is 44.8 Å². The Bertz CT molecular complexity index is 582. The van der Waals surface area contributed by atoms with Crippen LogP contribution in [-0.2, 0) is 6.54 Å². The van der Waals surface area contributed by atoms with E-state index in [-0.39, 0.29) is 5.76 Å². The van der Waals surface area contributed by atoms with Gasteiger partial charge in [-0.25, -0.2) is 4.79 Å². The van der Waals surface area contributed by atoms with E-state index >= 15 is 0 Å². The molecule has 0 saturated carbocycles. The summed E-state index contributed by atoms with van der Waals surface area (Å²) in [5.74, 6) is -0.340. The van der Waals surface area contributed by atoms with Gasteiger partial charge < -0.3 is 9.52 Å². The number of oxazole rings is 1. The van der Waals surface area contributed by atoms with E-state index in [9.17, 15) is 9.90 Å². The summed E-state index contributed by atoms with van der Waals surface area (Å²) >= 11 is 0. The average molecular weight is 249 g/mol. The van der Waals surface area contributed by atoms with Crippen molar-refractivity contribution in [3.05, 3.63) is 34.3 Å². The zero-order valence-corrected chi connectivity index (χ0v) is 10.8. The third-order valence-electron chi connectivity index (χ3n) is 3.22. The van der Waals surface area contributed by atoms with Crippen LogP contribution < -0.4 is 5.76 Å². The maximum absolute atomic E-state index is 11.6. The Hall–Kier alpha value is -1.55. The molecular formula is C14H19NO3. The average Bonchev–Trinajstić information content (AvgIpc) is 2.69. The summed E-state index contributed by atoms with van der Waals surface area (Å²) in [6, 6.07) is 5.47. The number of aliphatic hydroxyl groups excluding tert-OH is 1. The molecule has 0 saturated heterocycles. The van der Waals surface area contributed by atoms with Crippen LogP contribution >= 0.6 is 0 Å². The third-order valence-corrected chi connectivity index (χ3v) is 3.22. The second-order valence-electron chi connectivity index (χ2n) is 4.50. The molecule has 0 radical (unpaired) electrons. The SMILES string of the molecule is CCCCC(O)c1ccc2c(c1)oc(=O)n2CC. The van der Waals surface area contributed by atoms with Crippen LogP contribution in [0.3, 0.4) is 0 Å². The number of nitrogens with zero attached hydrogens (tertiary/aromatic N) is 1. The summed E-state index contributed by atoms with van der Waals surface area (Å²) in [5.41, 5.74) is 2.15. The zero-order valence-electron chi connectivity index (χ0n) is 10.8. The van der Waals surface area contributed by atoms with Crippen molar-refractivity contribution < 1.29 is 9.52 Å². The summed E-state index contributed by atoms with van der Waals surface area (Å²) in [7, 11) is 0. The van der Waals surface area contributed by atoms with Gasteiger partial charge in [0.2, 0.25) is 0 Å². The normalized spacial score (nSPS) is 13.1. The molecule has 4 heteroatoms. The third kappa shape index (κ3) is 2.34. The van der Waals surface area contributed by atoms with Crippen LogP contribution in [0.5, 0.6) is 0 Å². The van der Waals surface area contributed by atoms with Crippen LogP contribution in [0.25, 0.3) is 11.1 Å². The lowest BCUT2D eigenvalue weighted by Crippen LogP contribution is -2.11. The molecule has 0 amide bonds. The minimum Gasteiger partial charge on any atom is -0.408 e. The number of rotatable bonds is 5. The van der Waals surface area contributed by atoms with Crippen molar-refractivity contribution in [2.75, 3.05) is 0 Å². The molecule has 2 rings (SSSR count). The molecule has 1 unspecified atom stereocenters. The molecule has 1 atom stereocenters. The van der Waals surface area contributed by atoms with E-state index in [0.29, 0.717) is 12.1 Å². The predicted octanol–water partition coefficient (Wildman–Crippen LogP) is 2.84. The van der Waals surface area contributed by atoms with Crippen molar-refractivity contribution in [2.45, 2.75) is 45.8 Å². The van der Waals surface area contributed by atoms with Crippen molar-refractivity contribution in [1.29, 1.82) is 0 Å². The number of benzene rings is 1. The lowest BCUT2D eigenvalue weighted by molar-refractivity contribution is 0.164. The maximum atomic E-state index is 11.6. The summed E-state index contributed by atoms with van der Waals surface area (Å²) in [5, 5.41) is 10.0. The first-order chi connectivity index (χ1) is 8.67. The van der Waals surface area contributed by atoms with Gasteiger partial charge in [0.1, 0.15) is 0 Å². The predicted molar refractivity (Wildman–Crippen MR) is 70.6 cm³/mol. The van der Waals surface area contributed by atoms with Crippen molar-refractivity contribution in [3.63, 3.8) is 0 Å². The highest BCUT2D eigenvalue weighted by molar-refractivity contribution is 5.73. The fourth-order valence-electron chi connectivity index (χ4n) is 2.15. The maximum Gasteiger partial charge on any atom is 0.419 e. The number of aromatic nitrogens is 1. The number of fused-ring (bicyclic) bond motifs is 1. The highest BCUT2D eigenvalue weighted by Crippen LogP contribution is 2.23. The lowest BCUT2D eigenvalue weighted by Gasteiger charge is -2.09. The molecule has 1 N–H and O–H groups in total. The fraction of sp³-hybridized carbons (Fsp3) is 0.500. The van der Waals surface area contributed by atoms with E-state index < -0.39 is 6.10 Å². The monoisotopic (exact) mass is 249 g/mol. The first-order valence-corrected chi connectivity index (χ1v) is 6.48. The van der Waals surface area contributed by atoms with Crippen LogP contribution in [0, 0.1) is 0 Å². The Balaban J connectivity index is 2.36. The summed E-state index contributed by atoms with van der Waals surface area (Å²) in [4.78, 5) is 11.6. The Kier molecular flexibility index (Phi) is 3.87. The second-order valence-corrected chi connectivity index (χ2v) is 4.50. The standard InChI is InChI=1S/C14H19NO3/c1-3-5-6-12(16)10-7-8-11-13(9-10)18-14(17)15(11)4-2/h7-9,12,16H,3-6H2,1-2H3. The lowest BCUT2D eigenvalue weighted by atomic mass is 10.0. The largest absolute Gasteiger partial charge is 0.419 e. The Morgan fingerprint density at radius 2 is 2.17 bits per heavy atom. The van der Waals surface area contributed by atoms with Crippen LogP contribution in [0.15, 0.2) is 27.4 Å². The Labute approximate surface area is 106 Å². The molecule has 2 aromatic rings. The molecule has 0 aliphatic rings. The molecule has 1 heterocycles. The molecule has 0 aliphatic carbocycles. The van der Waals surface area contributed by atoms with E-state index in [1.165, 1.54) is 0 Å². The van der Waals surface area contributed by atoms with Gasteiger partial charge in [-0.2, -0.15) is 0 Å². The van der Waals surface area contributed by atoms with Gasteiger partial charge in [0.15, 0.2) is 5.58 Å². The summed E-state index contributed by atoms with van der Waals surface area (Å²) in [6.45, 7) is 4.58. The van der Waals surface area contributed by atoms with Crippen molar-refractivity contribution in [2.24, 2.45) is 0 Å². The second kappa shape index (κ2) is 5.40. The van der Waals surface area contributed by atoms with Crippen molar-refractivity contribution in [1.82, 2.24) is 4.57 Å². The van der Waals surface area contributed by atoms with Gasteiger partial charge in [0, 0.05) is 6.54 Å². The van der Waals surface area contributed by atoms with E-state index in [4.69, 9.17) is 4.42 Å². The van der Waals surface area contributed by atoms with Gasteiger partial charge in [-0.15, -0.1) is 0 Å². The first kappa shape index (κ1) is 12.9. The molecule has 0 spiro atoms. The number of aliphatic hydroxyl groups is 1. The molecule has 1 aromatic carbocycles. The number of hydrogen-bond acceptors (Lipinski definition) is 3. The molecule has 4 nitrogen and oxygen atoms in total. The summed E-state index contributed by atoms with van der Waals surface area (Å²) in [6.07, 6.45) is 2.30. The zero-order chi connectivity index (χ0) is 13.1. The molecular weight excluding hydrogens is 230 g/mol. The van der Waals surface area contributed by atoms with E-state index in [1.54, 1.807) is 10.6 Å².